The van der Waals surface area contributed by atoms with Gasteiger partial charge in [0.15, 0.2) is 0 Å². The highest BCUT2D eigenvalue weighted by molar-refractivity contribution is 7.18. The van der Waals surface area contributed by atoms with Gasteiger partial charge < -0.3 is 4.90 Å². The van der Waals surface area contributed by atoms with Crippen molar-refractivity contribution >= 4 is 20.9 Å². The minimum atomic E-state index is -1.56. The largest absolute Gasteiger partial charge is 0.334 e. The molecular weight excluding hydrogens is 376 g/mol. The maximum atomic E-state index is 15.2. The van der Waals surface area contributed by atoms with Crippen molar-refractivity contribution in [1.29, 1.82) is 0 Å². The van der Waals surface area contributed by atoms with Crippen molar-refractivity contribution in [2.24, 2.45) is 0 Å². The number of carbonyl (C=O) groups excluding carboxylic acids is 1. The Morgan fingerprint density at radius 2 is 2.21 bits per heavy atom. The number of piperidine rings is 1. The zero-order chi connectivity index (χ0) is 19.9. The second kappa shape index (κ2) is 7.21. The van der Waals surface area contributed by atoms with Crippen LogP contribution in [0.5, 0.6) is 0 Å². The highest BCUT2D eigenvalue weighted by Crippen LogP contribution is 2.39. The number of likely N-dealkylation sites (tertiary alicyclic amines) is 1. The van der Waals surface area contributed by atoms with Crippen molar-refractivity contribution in [1.82, 2.24) is 24.5 Å². The van der Waals surface area contributed by atoms with Crippen LogP contribution < -0.4 is 0 Å². The number of aryl methyl sites for hydroxylation is 2. The Balaban J connectivity index is 1.69. The summed E-state index contributed by atoms with van der Waals surface area (Å²) in [5, 5.41) is 2.68. The molecule has 2 aromatic heterocycles. The second-order valence-electron chi connectivity index (χ2n) is 7.47. The van der Waals surface area contributed by atoms with Crippen molar-refractivity contribution in [3.63, 3.8) is 0 Å². The van der Waals surface area contributed by atoms with Gasteiger partial charge in [0.25, 0.3) is 11.7 Å². The van der Waals surface area contributed by atoms with Gasteiger partial charge in [-0.15, -0.1) is 0 Å². The Hall–Kier alpha value is -2.40. The Morgan fingerprint density at radius 1 is 1.39 bits per heavy atom. The third kappa shape index (κ3) is 3.63. The van der Waals surface area contributed by atoms with Crippen molar-refractivity contribution in [3.8, 4) is 0 Å². The summed E-state index contributed by atoms with van der Waals surface area (Å²) in [4.78, 5) is 23.2. The molecular formula is C20H23FN5OP. The number of halogens is 1. The van der Waals surface area contributed by atoms with E-state index in [2.05, 4.69) is 24.3 Å². The number of benzene rings is 1. The lowest BCUT2D eigenvalue weighted by molar-refractivity contribution is 0.0543. The molecule has 3 atom stereocenters. The lowest BCUT2D eigenvalue weighted by Crippen LogP contribution is -2.48. The van der Waals surface area contributed by atoms with Gasteiger partial charge >= 0.3 is 0 Å². The van der Waals surface area contributed by atoms with Crippen LogP contribution in [0, 0.1) is 6.92 Å². The fraction of sp³-hybridized carbons (Fsp3) is 0.400. The van der Waals surface area contributed by atoms with Gasteiger partial charge in [0.1, 0.15) is 11.7 Å². The van der Waals surface area contributed by atoms with E-state index < -0.39 is 5.41 Å². The van der Waals surface area contributed by atoms with E-state index in [0.29, 0.717) is 17.9 Å². The van der Waals surface area contributed by atoms with Crippen LogP contribution in [0.15, 0.2) is 36.7 Å². The smallest absolute Gasteiger partial charge is 0.254 e. The summed E-state index contributed by atoms with van der Waals surface area (Å²) in [6, 6.07) is 9.45. The lowest BCUT2D eigenvalue weighted by atomic mass is 9.92. The summed E-state index contributed by atoms with van der Waals surface area (Å²) in [6.07, 6.45) is 2.58. The highest BCUT2D eigenvalue weighted by Gasteiger charge is 2.40. The average Bonchev–Trinajstić information content (AvgIpc) is 3.13. The average molecular weight is 399 g/mol. The monoisotopic (exact) mass is 399 g/mol. The Bertz CT molecular complexity index is 1030. The van der Waals surface area contributed by atoms with E-state index in [9.17, 15) is 4.79 Å². The minimum Gasteiger partial charge on any atom is -0.334 e. The molecule has 28 heavy (non-hydrogen) atoms. The van der Waals surface area contributed by atoms with Crippen LogP contribution in [-0.2, 0) is 6.42 Å². The summed E-state index contributed by atoms with van der Waals surface area (Å²) < 4.78 is 16.9. The number of alkyl halides is 1. The molecule has 1 fully saturated rings. The molecule has 1 aromatic carbocycles. The first-order valence-corrected chi connectivity index (χ1v) is 9.97. The quantitative estimate of drug-likeness (QED) is 0.635. The van der Waals surface area contributed by atoms with Gasteiger partial charge in [-0.05, 0) is 43.5 Å². The SMILES string of the molecule is CCc1cccc(C(=O)N2CC(c3cc(C)nc4ncnn34)CC(F)(P)C2)c1. The number of amides is 1. The topological polar surface area (TPSA) is 63.4 Å². The molecule has 3 unspecified atom stereocenters. The normalized spacial score (nSPS) is 22.6. The molecule has 1 saturated heterocycles. The van der Waals surface area contributed by atoms with Gasteiger partial charge in [-0.2, -0.15) is 10.1 Å². The van der Waals surface area contributed by atoms with Gasteiger partial charge in [-0.3, -0.25) is 4.79 Å². The number of fused-ring (bicyclic) bond motifs is 1. The second-order valence-corrected chi connectivity index (χ2v) is 8.50. The fourth-order valence-corrected chi connectivity index (χ4v) is 4.40. The molecule has 1 amide bonds. The standard InChI is InChI=1S/C20H23FN5OP/c1-3-14-5-4-6-15(8-14)18(27)25-10-16(9-20(21,28)11-25)17-7-13(2)24-19-22-12-23-26(17)19/h4-8,12,16H,3,9-11,28H2,1-2H3. The third-order valence-electron chi connectivity index (χ3n) is 5.18. The van der Waals surface area contributed by atoms with Crippen molar-refractivity contribution in [2.45, 2.75) is 38.0 Å². The number of carbonyl (C=O) groups is 1. The van der Waals surface area contributed by atoms with Crippen LogP contribution in [0.25, 0.3) is 5.78 Å². The maximum absolute atomic E-state index is 15.2. The first-order valence-electron chi connectivity index (χ1n) is 9.39. The zero-order valence-electron chi connectivity index (χ0n) is 16.0. The Kier molecular flexibility index (Phi) is 4.88. The van der Waals surface area contributed by atoms with Crippen molar-refractivity contribution in [3.05, 3.63) is 59.2 Å². The molecule has 8 heteroatoms. The molecule has 3 aromatic rings. The highest BCUT2D eigenvalue weighted by atomic mass is 31.0. The molecule has 6 nitrogen and oxygen atoms in total. The predicted octanol–water partition coefficient (Wildman–Crippen LogP) is 3.17. The van der Waals surface area contributed by atoms with E-state index in [1.54, 1.807) is 15.5 Å². The molecule has 0 bridgehead atoms. The van der Waals surface area contributed by atoms with Crippen molar-refractivity contribution < 1.29 is 9.18 Å². The van der Waals surface area contributed by atoms with Crippen LogP contribution >= 0.6 is 9.24 Å². The first-order chi connectivity index (χ1) is 13.4. The zero-order valence-corrected chi connectivity index (χ0v) is 17.1. The molecule has 0 radical (unpaired) electrons. The number of hydrogen-bond acceptors (Lipinski definition) is 4. The van der Waals surface area contributed by atoms with E-state index in [-0.39, 0.29) is 24.8 Å². The van der Waals surface area contributed by atoms with Crippen LogP contribution in [0.3, 0.4) is 0 Å². The van der Waals surface area contributed by atoms with Gasteiger partial charge in [0.2, 0.25) is 0 Å². The van der Waals surface area contributed by atoms with Crippen molar-refractivity contribution in [2.75, 3.05) is 13.1 Å². The van der Waals surface area contributed by atoms with Crippen LogP contribution in [-0.4, -0.2) is 48.9 Å². The molecule has 0 spiro atoms. The molecule has 0 N–H and O–H groups in total. The van der Waals surface area contributed by atoms with E-state index in [1.165, 1.54) is 6.33 Å². The lowest BCUT2D eigenvalue weighted by Gasteiger charge is -2.40. The molecule has 0 aliphatic carbocycles. The molecule has 4 rings (SSSR count). The fourth-order valence-electron chi connectivity index (χ4n) is 3.90. The van der Waals surface area contributed by atoms with E-state index in [1.807, 2.05) is 38.1 Å². The van der Waals surface area contributed by atoms with Gasteiger partial charge in [0, 0.05) is 23.7 Å². The van der Waals surface area contributed by atoms with Gasteiger partial charge in [-0.1, -0.05) is 28.3 Å². The molecule has 0 saturated carbocycles. The predicted molar refractivity (Wildman–Crippen MR) is 108 cm³/mol. The van der Waals surface area contributed by atoms with Crippen LogP contribution in [0.4, 0.5) is 4.39 Å². The van der Waals surface area contributed by atoms with E-state index in [4.69, 9.17) is 0 Å². The summed E-state index contributed by atoms with van der Waals surface area (Å²) in [6.45, 7) is 4.40. The Morgan fingerprint density at radius 3 is 3.00 bits per heavy atom. The molecule has 1 aliphatic rings. The number of aromatic nitrogens is 4. The summed E-state index contributed by atoms with van der Waals surface area (Å²) in [5.41, 5.74) is 3.30. The van der Waals surface area contributed by atoms with Crippen LogP contribution in [0.1, 0.15) is 46.6 Å². The third-order valence-corrected chi connectivity index (χ3v) is 5.59. The number of rotatable bonds is 3. The van der Waals surface area contributed by atoms with E-state index >= 15 is 4.39 Å². The molecule has 3 heterocycles. The number of hydrogen-bond donors (Lipinski definition) is 0. The number of nitrogens with zero attached hydrogens (tertiary/aromatic N) is 5. The first kappa shape index (κ1) is 18.9. The minimum absolute atomic E-state index is 0.0495. The Labute approximate surface area is 165 Å². The maximum Gasteiger partial charge on any atom is 0.254 e. The summed E-state index contributed by atoms with van der Waals surface area (Å²) >= 11 is 0. The summed E-state index contributed by atoms with van der Waals surface area (Å²) in [5.74, 6) is 0.132. The summed E-state index contributed by atoms with van der Waals surface area (Å²) in [7, 11) is 2.29. The van der Waals surface area contributed by atoms with E-state index in [0.717, 1.165) is 23.4 Å². The molecule has 146 valence electrons. The van der Waals surface area contributed by atoms with Gasteiger partial charge in [-0.25, -0.2) is 13.9 Å². The van der Waals surface area contributed by atoms with Crippen LogP contribution in [0.2, 0.25) is 0 Å². The van der Waals surface area contributed by atoms with Gasteiger partial charge in [0.05, 0.1) is 12.2 Å². The molecule has 1 aliphatic heterocycles.